The van der Waals surface area contributed by atoms with Gasteiger partial charge in [-0.25, -0.2) is 0 Å². The zero-order chi connectivity index (χ0) is 9.47. The van der Waals surface area contributed by atoms with E-state index in [1.807, 2.05) is 0 Å². The molecule has 1 heterocycles. The van der Waals surface area contributed by atoms with Crippen molar-refractivity contribution in [1.29, 1.82) is 0 Å². The van der Waals surface area contributed by atoms with Gasteiger partial charge in [0.05, 0.1) is 0 Å². The Morgan fingerprint density at radius 1 is 1.31 bits per heavy atom. The van der Waals surface area contributed by atoms with Crippen LogP contribution in [0.1, 0.15) is 24.2 Å². The summed E-state index contributed by atoms with van der Waals surface area (Å²) in [4.78, 5) is 0. The molecule has 0 N–H and O–H groups in total. The van der Waals surface area contributed by atoms with E-state index in [1.54, 1.807) is 0 Å². The molecular formula is C8H9FO3S. The maximum Gasteiger partial charge on any atom is 0.365 e. The highest BCUT2D eigenvalue weighted by Crippen LogP contribution is 2.27. The summed E-state index contributed by atoms with van der Waals surface area (Å²) in [7, 11) is -4.66. The van der Waals surface area contributed by atoms with E-state index in [-0.39, 0.29) is 0 Å². The van der Waals surface area contributed by atoms with Crippen molar-refractivity contribution in [3.63, 3.8) is 0 Å². The standard InChI is InChI=1S/C8H9FO3S/c9-13(10,11)8-5-6-3-1-2-4-7(6)12-8/h5H,1-4H2. The largest absolute Gasteiger partial charge is 0.447 e. The Morgan fingerprint density at radius 2 is 2.00 bits per heavy atom. The zero-order valence-electron chi connectivity index (χ0n) is 6.92. The maximum absolute atomic E-state index is 12.5. The van der Waals surface area contributed by atoms with Crippen LogP contribution in [0, 0.1) is 0 Å². The summed E-state index contributed by atoms with van der Waals surface area (Å²) in [5.74, 6) is 0.627. The van der Waals surface area contributed by atoms with Crippen LogP contribution in [-0.2, 0) is 23.1 Å². The minimum Gasteiger partial charge on any atom is -0.447 e. The smallest absolute Gasteiger partial charge is 0.365 e. The number of hydrogen-bond acceptors (Lipinski definition) is 3. The normalized spacial score (nSPS) is 17.0. The van der Waals surface area contributed by atoms with Gasteiger partial charge < -0.3 is 4.42 Å². The van der Waals surface area contributed by atoms with Gasteiger partial charge in [-0.15, -0.1) is 0 Å². The lowest BCUT2D eigenvalue weighted by molar-refractivity contribution is 0.392. The number of fused-ring (bicyclic) bond motifs is 1. The number of hydrogen-bond donors (Lipinski definition) is 0. The monoisotopic (exact) mass is 204 g/mol. The lowest BCUT2D eigenvalue weighted by Crippen LogP contribution is -1.97. The lowest BCUT2D eigenvalue weighted by Gasteiger charge is -2.07. The average molecular weight is 204 g/mol. The number of aryl methyl sites for hydroxylation is 2. The molecule has 0 unspecified atom stereocenters. The molecule has 1 aromatic rings. The van der Waals surface area contributed by atoms with Gasteiger partial charge in [0.2, 0.25) is 5.09 Å². The molecule has 0 aliphatic heterocycles. The van der Waals surface area contributed by atoms with Gasteiger partial charge in [0.15, 0.2) is 0 Å². The Kier molecular flexibility index (Phi) is 1.91. The van der Waals surface area contributed by atoms with Crippen LogP contribution in [-0.4, -0.2) is 8.42 Å². The fraction of sp³-hybridized carbons (Fsp3) is 0.500. The highest BCUT2D eigenvalue weighted by molar-refractivity contribution is 7.86. The molecule has 13 heavy (non-hydrogen) atoms. The molecule has 0 saturated carbocycles. The molecule has 0 bridgehead atoms. The lowest BCUT2D eigenvalue weighted by atomic mass is 9.99. The van der Waals surface area contributed by atoms with E-state index in [0.29, 0.717) is 12.2 Å². The predicted molar refractivity (Wildman–Crippen MR) is 43.6 cm³/mol. The summed E-state index contributed by atoms with van der Waals surface area (Å²) >= 11 is 0. The van der Waals surface area contributed by atoms with Crippen molar-refractivity contribution in [2.24, 2.45) is 0 Å². The fourth-order valence-corrected chi connectivity index (χ4v) is 2.07. The molecule has 0 fully saturated rings. The molecule has 0 radical (unpaired) electrons. The molecule has 0 aromatic carbocycles. The number of halogens is 1. The fourth-order valence-electron chi connectivity index (χ4n) is 1.58. The van der Waals surface area contributed by atoms with E-state index in [0.717, 1.165) is 24.8 Å². The summed E-state index contributed by atoms with van der Waals surface area (Å²) in [6.07, 6.45) is 3.49. The van der Waals surface area contributed by atoms with Gasteiger partial charge in [-0.2, -0.15) is 8.42 Å². The van der Waals surface area contributed by atoms with Crippen LogP contribution in [0.25, 0.3) is 0 Å². The van der Waals surface area contributed by atoms with E-state index in [4.69, 9.17) is 4.42 Å². The molecule has 1 aromatic heterocycles. The van der Waals surface area contributed by atoms with Gasteiger partial charge in [-0.1, -0.05) is 3.89 Å². The minimum atomic E-state index is -4.66. The third kappa shape index (κ3) is 1.60. The Labute approximate surface area is 75.8 Å². The second-order valence-corrected chi connectivity index (χ2v) is 4.44. The molecule has 0 amide bonds. The van der Waals surface area contributed by atoms with Gasteiger partial charge in [0.1, 0.15) is 5.76 Å². The van der Waals surface area contributed by atoms with Crippen LogP contribution >= 0.6 is 0 Å². The van der Waals surface area contributed by atoms with E-state index >= 15 is 0 Å². The highest BCUT2D eigenvalue weighted by Gasteiger charge is 2.22. The Balaban J connectivity index is 2.47. The maximum atomic E-state index is 12.5. The summed E-state index contributed by atoms with van der Waals surface area (Å²) in [6, 6.07) is 1.30. The van der Waals surface area contributed by atoms with Crippen LogP contribution in [0.2, 0.25) is 0 Å². The molecular weight excluding hydrogens is 195 g/mol. The Bertz CT molecular complexity index is 395. The molecule has 0 spiro atoms. The van der Waals surface area contributed by atoms with Crippen molar-refractivity contribution in [1.82, 2.24) is 0 Å². The first kappa shape index (κ1) is 8.74. The van der Waals surface area contributed by atoms with Crippen LogP contribution in [0.3, 0.4) is 0 Å². The quantitative estimate of drug-likeness (QED) is 0.655. The summed E-state index contributed by atoms with van der Waals surface area (Å²) < 4.78 is 38.4. The van der Waals surface area contributed by atoms with Gasteiger partial charge in [-0.05, 0) is 24.8 Å². The molecule has 0 saturated heterocycles. The van der Waals surface area contributed by atoms with Gasteiger partial charge >= 0.3 is 10.2 Å². The molecule has 1 aliphatic carbocycles. The number of furan rings is 1. The van der Waals surface area contributed by atoms with Gasteiger partial charge in [-0.3, -0.25) is 0 Å². The molecule has 2 rings (SSSR count). The Morgan fingerprint density at radius 3 is 2.62 bits per heavy atom. The SMILES string of the molecule is O=S(=O)(F)c1cc2c(o1)CCCC2. The van der Waals surface area contributed by atoms with Crippen molar-refractivity contribution in [2.45, 2.75) is 30.8 Å². The summed E-state index contributed by atoms with van der Waals surface area (Å²) in [5, 5.41) is -0.542. The third-order valence-corrected chi connectivity index (χ3v) is 2.90. The first-order valence-electron chi connectivity index (χ1n) is 4.13. The van der Waals surface area contributed by atoms with Crippen molar-refractivity contribution in [2.75, 3.05) is 0 Å². The van der Waals surface area contributed by atoms with Crippen molar-refractivity contribution >= 4 is 10.2 Å². The topological polar surface area (TPSA) is 47.3 Å². The van der Waals surface area contributed by atoms with Gasteiger partial charge in [0, 0.05) is 12.5 Å². The van der Waals surface area contributed by atoms with Crippen LogP contribution in [0.5, 0.6) is 0 Å². The molecule has 72 valence electrons. The second kappa shape index (κ2) is 2.83. The Hall–Kier alpha value is -0.840. The molecule has 3 nitrogen and oxygen atoms in total. The number of rotatable bonds is 1. The van der Waals surface area contributed by atoms with E-state index < -0.39 is 15.3 Å². The first-order chi connectivity index (χ1) is 6.07. The third-order valence-electron chi connectivity index (χ3n) is 2.21. The summed E-state index contributed by atoms with van der Waals surface area (Å²) in [6.45, 7) is 0. The van der Waals surface area contributed by atoms with Crippen molar-refractivity contribution < 1.29 is 16.7 Å². The van der Waals surface area contributed by atoms with Crippen LogP contribution in [0.4, 0.5) is 3.89 Å². The molecule has 5 heteroatoms. The average Bonchev–Trinajstić information content (AvgIpc) is 2.45. The molecule has 0 atom stereocenters. The minimum absolute atomic E-state index is 0.542. The van der Waals surface area contributed by atoms with Crippen LogP contribution < -0.4 is 0 Å². The summed E-state index contributed by atoms with van der Waals surface area (Å²) in [5.41, 5.74) is 0.836. The first-order valence-corrected chi connectivity index (χ1v) is 5.52. The van der Waals surface area contributed by atoms with E-state index in [9.17, 15) is 12.3 Å². The van der Waals surface area contributed by atoms with Gasteiger partial charge in [0.25, 0.3) is 0 Å². The van der Waals surface area contributed by atoms with E-state index in [1.165, 1.54) is 6.07 Å². The zero-order valence-corrected chi connectivity index (χ0v) is 7.73. The van der Waals surface area contributed by atoms with Crippen molar-refractivity contribution in [3.05, 3.63) is 17.4 Å². The highest BCUT2D eigenvalue weighted by atomic mass is 32.3. The molecule has 1 aliphatic rings. The van der Waals surface area contributed by atoms with Crippen LogP contribution in [0.15, 0.2) is 15.6 Å². The predicted octanol–water partition coefficient (Wildman–Crippen LogP) is 1.82. The second-order valence-electron chi connectivity index (χ2n) is 3.16. The van der Waals surface area contributed by atoms with E-state index in [2.05, 4.69) is 0 Å². The van der Waals surface area contributed by atoms with Crippen molar-refractivity contribution in [3.8, 4) is 0 Å².